The molecule has 0 aliphatic carbocycles. The predicted octanol–water partition coefficient (Wildman–Crippen LogP) is 0.487. The largest absolute Gasteiger partial charge is 0.390 e. The third kappa shape index (κ3) is 4.11. The van der Waals surface area contributed by atoms with Crippen molar-refractivity contribution < 1.29 is 15.0 Å². The summed E-state index contributed by atoms with van der Waals surface area (Å²) >= 11 is 0. The van der Waals surface area contributed by atoms with E-state index in [1.54, 1.807) is 0 Å². The topological polar surface area (TPSA) is 57.5 Å². The molecular formula is C8H16O3. The van der Waals surface area contributed by atoms with E-state index >= 15 is 0 Å². The first-order valence-corrected chi connectivity index (χ1v) is 3.96. The standard InChI is InChI=1S/C8H16O3/c1-3-4-5-7(10)8(11)6(2)9/h7-8,10-11H,3-5H2,1-2H3/t7-,8-/m1/s1. The van der Waals surface area contributed by atoms with Gasteiger partial charge in [-0.3, -0.25) is 4.79 Å². The van der Waals surface area contributed by atoms with Crippen LogP contribution in [0.15, 0.2) is 0 Å². The second-order valence-corrected chi connectivity index (χ2v) is 2.77. The second kappa shape index (κ2) is 5.27. The number of aliphatic hydroxyl groups excluding tert-OH is 2. The summed E-state index contributed by atoms with van der Waals surface area (Å²) in [5.41, 5.74) is 0. The van der Waals surface area contributed by atoms with E-state index in [4.69, 9.17) is 10.2 Å². The number of unbranched alkanes of at least 4 members (excludes halogenated alkanes) is 1. The quantitative estimate of drug-likeness (QED) is 0.615. The average Bonchev–Trinajstić information content (AvgIpc) is 1.98. The molecule has 0 saturated carbocycles. The Kier molecular flexibility index (Phi) is 5.07. The number of hydrogen-bond donors (Lipinski definition) is 2. The van der Waals surface area contributed by atoms with Gasteiger partial charge in [-0.25, -0.2) is 0 Å². The lowest BCUT2D eigenvalue weighted by atomic mass is 10.1. The second-order valence-electron chi connectivity index (χ2n) is 2.77. The van der Waals surface area contributed by atoms with Crippen molar-refractivity contribution in [2.45, 2.75) is 45.3 Å². The van der Waals surface area contributed by atoms with Crippen LogP contribution in [0.1, 0.15) is 33.1 Å². The predicted molar refractivity (Wildman–Crippen MR) is 42.2 cm³/mol. The van der Waals surface area contributed by atoms with Crippen molar-refractivity contribution in [3.05, 3.63) is 0 Å². The van der Waals surface area contributed by atoms with Gasteiger partial charge < -0.3 is 10.2 Å². The SMILES string of the molecule is CCCC[C@@H](O)[C@H](O)C(C)=O. The Bertz CT molecular complexity index is 123. The smallest absolute Gasteiger partial charge is 0.160 e. The molecule has 0 fully saturated rings. The number of aliphatic hydroxyl groups is 2. The fourth-order valence-corrected chi connectivity index (χ4v) is 0.842. The normalized spacial score (nSPS) is 16.0. The van der Waals surface area contributed by atoms with Crippen LogP contribution in [0.5, 0.6) is 0 Å². The molecule has 0 radical (unpaired) electrons. The first kappa shape index (κ1) is 10.6. The van der Waals surface area contributed by atoms with E-state index < -0.39 is 12.2 Å². The zero-order valence-corrected chi connectivity index (χ0v) is 7.08. The number of Topliss-reactive ketones (excluding diaryl/α,β-unsaturated/α-hetero) is 1. The molecular weight excluding hydrogens is 144 g/mol. The highest BCUT2D eigenvalue weighted by atomic mass is 16.3. The molecule has 0 rings (SSSR count). The molecule has 0 bridgehead atoms. The molecule has 0 aromatic carbocycles. The minimum absolute atomic E-state index is 0.367. The Morgan fingerprint density at radius 1 is 1.45 bits per heavy atom. The van der Waals surface area contributed by atoms with Gasteiger partial charge >= 0.3 is 0 Å². The van der Waals surface area contributed by atoms with Gasteiger partial charge in [0.1, 0.15) is 6.10 Å². The van der Waals surface area contributed by atoms with Crippen molar-refractivity contribution in [1.82, 2.24) is 0 Å². The van der Waals surface area contributed by atoms with Crippen LogP contribution >= 0.6 is 0 Å². The van der Waals surface area contributed by atoms with Crippen molar-refractivity contribution in [2.24, 2.45) is 0 Å². The molecule has 2 atom stereocenters. The molecule has 11 heavy (non-hydrogen) atoms. The van der Waals surface area contributed by atoms with E-state index in [1.807, 2.05) is 6.92 Å². The number of carbonyl (C=O) groups excluding carboxylic acids is 1. The summed E-state index contributed by atoms with van der Waals surface area (Å²) in [6.45, 7) is 3.27. The minimum Gasteiger partial charge on any atom is -0.390 e. The summed E-state index contributed by atoms with van der Waals surface area (Å²) < 4.78 is 0. The van der Waals surface area contributed by atoms with Crippen molar-refractivity contribution >= 4 is 5.78 Å². The molecule has 0 aromatic rings. The van der Waals surface area contributed by atoms with Crippen LogP contribution in [0, 0.1) is 0 Å². The van der Waals surface area contributed by atoms with Gasteiger partial charge in [-0.15, -0.1) is 0 Å². The molecule has 0 aromatic heterocycles. The van der Waals surface area contributed by atoms with Crippen LogP contribution in [-0.4, -0.2) is 28.2 Å². The third-order valence-corrected chi connectivity index (χ3v) is 1.63. The van der Waals surface area contributed by atoms with E-state index in [9.17, 15) is 4.79 Å². The maximum absolute atomic E-state index is 10.5. The van der Waals surface area contributed by atoms with Gasteiger partial charge in [0, 0.05) is 0 Å². The molecule has 2 N–H and O–H groups in total. The van der Waals surface area contributed by atoms with Gasteiger partial charge in [-0.2, -0.15) is 0 Å². The molecule has 0 aliphatic heterocycles. The molecule has 0 spiro atoms. The van der Waals surface area contributed by atoms with Crippen LogP contribution in [0.4, 0.5) is 0 Å². The highest BCUT2D eigenvalue weighted by Crippen LogP contribution is 2.05. The molecule has 3 heteroatoms. The van der Waals surface area contributed by atoms with Crippen LogP contribution in [-0.2, 0) is 4.79 Å². The number of rotatable bonds is 5. The van der Waals surface area contributed by atoms with E-state index in [0.29, 0.717) is 6.42 Å². The van der Waals surface area contributed by atoms with Gasteiger partial charge in [0.15, 0.2) is 5.78 Å². The lowest BCUT2D eigenvalue weighted by Gasteiger charge is -2.13. The maximum Gasteiger partial charge on any atom is 0.160 e. The number of ketones is 1. The Balaban J connectivity index is 3.63. The molecule has 0 heterocycles. The fourth-order valence-electron chi connectivity index (χ4n) is 0.842. The summed E-state index contributed by atoms with van der Waals surface area (Å²) in [7, 11) is 0. The zero-order chi connectivity index (χ0) is 8.85. The summed E-state index contributed by atoms with van der Waals surface area (Å²) in [5, 5.41) is 18.2. The molecule has 0 saturated heterocycles. The molecule has 3 nitrogen and oxygen atoms in total. The highest BCUT2D eigenvalue weighted by Gasteiger charge is 2.19. The van der Waals surface area contributed by atoms with Crippen LogP contribution < -0.4 is 0 Å². The van der Waals surface area contributed by atoms with Gasteiger partial charge in [0.05, 0.1) is 6.10 Å². The van der Waals surface area contributed by atoms with Crippen molar-refractivity contribution in [1.29, 1.82) is 0 Å². The summed E-state index contributed by atoms with van der Waals surface area (Å²) in [6, 6.07) is 0. The van der Waals surface area contributed by atoms with Gasteiger partial charge in [0.25, 0.3) is 0 Å². The first-order valence-electron chi connectivity index (χ1n) is 3.96. The van der Waals surface area contributed by atoms with Gasteiger partial charge in [-0.1, -0.05) is 19.8 Å². The monoisotopic (exact) mass is 160 g/mol. The van der Waals surface area contributed by atoms with Crippen molar-refractivity contribution in [2.75, 3.05) is 0 Å². The Morgan fingerprint density at radius 2 is 2.00 bits per heavy atom. The zero-order valence-electron chi connectivity index (χ0n) is 7.08. The summed E-state index contributed by atoms with van der Waals surface area (Å²) in [4.78, 5) is 10.5. The van der Waals surface area contributed by atoms with Crippen molar-refractivity contribution in [3.8, 4) is 0 Å². The van der Waals surface area contributed by atoms with Gasteiger partial charge in [-0.05, 0) is 13.3 Å². The first-order chi connectivity index (χ1) is 5.09. The lowest BCUT2D eigenvalue weighted by Crippen LogP contribution is -2.32. The lowest BCUT2D eigenvalue weighted by molar-refractivity contribution is -0.130. The number of hydrogen-bond acceptors (Lipinski definition) is 3. The average molecular weight is 160 g/mol. The Morgan fingerprint density at radius 3 is 2.36 bits per heavy atom. The van der Waals surface area contributed by atoms with Crippen LogP contribution in [0.25, 0.3) is 0 Å². The van der Waals surface area contributed by atoms with Gasteiger partial charge in [0.2, 0.25) is 0 Å². The van der Waals surface area contributed by atoms with E-state index in [-0.39, 0.29) is 5.78 Å². The third-order valence-electron chi connectivity index (χ3n) is 1.63. The van der Waals surface area contributed by atoms with Crippen LogP contribution in [0.3, 0.4) is 0 Å². The number of carbonyl (C=O) groups is 1. The summed E-state index contributed by atoms with van der Waals surface area (Å²) in [6.07, 6.45) is 0.221. The fraction of sp³-hybridized carbons (Fsp3) is 0.875. The Hall–Kier alpha value is -0.410. The molecule has 0 aliphatic rings. The highest BCUT2D eigenvalue weighted by molar-refractivity contribution is 5.80. The Labute approximate surface area is 67.0 Å². The maximum atomic E-state index is 10.5. The molecule has 0 amide bonds. The molecule has 66 valence electrons. The minimum atomic E-state index is -1.19. The van der Waals surface area contributed by atoms with Crippen LogP contribution in [0.2, 0.25) is 0 Å². The van der Waals surface area contributed by atoms with Crippen molar-refractivity contribution in [3.63, 3.8) is 0 Å². The van der Waals surface area contributed by atoms with E-state index in [2.05, 4.69) is 0 Å². The van der Waals surface area contributed by atoms with E-state index in [0.717, 1.165) is 12.8 Å². The summed E-state index contributed by atoms with van der Waals surface area (Å²) in [5.74, 6) is -0.367. The van der Waals surface area contributed by atoms with E-state index in [1.165, 1.54) is 6.92 Å². The molecule has 0 unspecified atom stereocenters.